The van der Waals surface area contributed by atoms with Gasteiger partial charge in [-0.2, -0.15) is 26.8 Å². The lowest BCUT2D eigenvalue weighted by Gasteiger charge is -2.33. The highest BCUT2D eigenvalue weighted by Crippen LogP contribution is 2.29. The van der Waals surface area contributed by atoms with E-state index in [9.17, 15) is 0 Å². The zero-order valence-corrected chi connectivity index (χ0v) is 12.0. The van der Waals surface area contributed by atoms with Crippen LogP contribution in [0.3, 0.4) is 0 Å². The molecule has 0 saturated carbocycles. The van der Waals surface area contributed by atoms with Gasteiger partial charge in [-0.3, -0.25) is 5.10 Å². The maximum Gasteiger partial charge on any atom is 0.226 e. The molecule has 0 bridgehead atoms. The van der Waals surface area contributed by atoms with Gasteiger partial charge in [0.1, 0.15) is 5.82 Å². The van der Waals surface area contributed by atoms with E-state index in [-0.39, 0.29) is 0 Å². The predicted molar refractivity (Wildman–Crippen MR) is 80.0 cm³/mol. The molecule has 1 aliphatic rings. The molecule has 102 valence electrons. The molecule has 1 aliphatic heterocycles. The van der Waals surface area contributed by atoms with E-state index in [2.05, 4.69) is 49.1 Å². The second kappa shape index (κ2) is 5.24. The van der Waals surface area contributed by atoms with E-state index >= 15 is 0 Å². The van der Waals surface area contributed by atoms with Crippen LogP contribution in [-0.4, -0.2) is 51.3 Å². The number of rotatable bonds is 3. The van der Waals surface area contributed by atoms with Crippen molar-refractivity contribution in [3.05, 3.63) is 6.20 Å². The Morgan fingerprint density at radius 1 is 1.53 bits per heavy atom. The smallest absolute Gasteiger partial charge is 0.226 e. The third-order valence-electron chi connectivity index (χ3n) is 3.41. The maximum absolute atomic E-state index is 4.62. The van der Waals surface area contributed by atoms with Crippen molar-refractivity contribution in [2.75, 3.05) is 36.1 Å². The molecule has 0 spiro atoms. The lowest BCUT2D eigenvalue weighted by molar-refractivity contribution is 0.722. The van der Waals surface area contributed by atoms with Gasteiger partial charge >= 0.3 is 0 Å². The summed E-state index contributed by atoms with van der Waals surface area (Å²) in [5.41, 5.74) is 0.792. The third kappa shape index (κ3) is 2.34. The summed E-state index contributed by atoms with van der Waals surface area (Å²) >= 11 is 2.05. The molecule has 2 N–H and O–H groups in total. The van der Waals surface area contributed by atoms with Crippen LogP contribution >= 0.6 is 11.8 Å². The summed E-state index contributed by atoms with van der Waals surface area (Å²) in [7, 11) is 1.84. The van der Waals surface area contributed by atoms with Crippen LogP contribution in [0.5, 0.6) is 0 Å². The van der Waals surface area contributed by atoms with Crippen LogP contribution in [0.25, 0.3) is 11.0 Å². The molecular weight excluding hydrogens is 260 g/mol. The molecule has 0 radical (unpaired) electrons. The van der Waals surface area contributed by atoms with Crippen LogP contribution in [0.4, 0.5) is 11.8 Å². The number of nitrogens with zero attached hydrogens (tertiary/aromatic N) is 4. The molecule has 7 heteroatoms. The molecule has 2 aromatic heterocycles. The first-order chi connectivity index (χ1) is 9.31. The number of H-pyrrole nitrogens is 1. The topological polar surface area (TPSA) is 69.7 Å². The highest BCUT2D eigenvalue weighted by Gasteiger charge is 2.22. The molecule has 2 aromatic rings. The minimum Gasteiger partial charge on any atom is -0.357 e. The predicted octanol–water partition coefficient (Wildman–Crippen LogP) is 1.73. The monoisotopic (exact) mass is 278 g/mol. The highest BCUT2D eigenvalue weighted by molar-refractivity contribution is 8.00. The third-order valence-corrected chi connectivity index (χ3v) is 4.78. The number of fused-ring (bicyclic) bond motifs is 1. The maximum atomic E-state index is 4.62. The van der Waals surface area contributed by atoms with Crippen molar-refractivity contribution in [1.82, 2.24) is 20.2 Å². The van der Waals surface area contributed by atoms with Crippen molar-refractivity contribution >= 4 is 34.6 Å². The fourth-order valence-electron chi connectivity index (χ4n) is 2.33. The van der Waals surface area contributed by atoms with Gasteiger partial charge in [0.2, 0.25) is 5.95 Å². The van der Waals surface area contributed by atoms with Gasteiger partial charge in [0.25, 0.3) is 0 Å². The van der Waals surface area contributed by atoms with Gasteiger partial charge in [0, 0.05) is 31.1 Å². The van der Waals surface area contributed by atoms with Crippen molar-refractivity contribution in [3.8, 4) is 0 Å². The average molecular weight is 278 g/mol. The molecule has 3 heterocycles. The van der Waals surface area contributed by atoms with Crippen LogP contribution in [0.1, 0.15) is 13.3 Å². The first kappa shape index (κ1) is 12.5. The lowest BCUT2D eigenvalue weighted by Crippen LogP contribution is -2.38. The summed E-state index contributed by atoms with van der Waals surface area (Å²) in [6.45, 7) is 4.32. The lowest BCUT2D eigenvalue weighted by atomic mass is 10.2. The van der Waals surface area contributed by atoms with Crippen molar-refractivity contribution in [1.29, 1.82) is 0 Å². The van der Waals surface area contributed by atoms with Gasteiger partial charge in [-0.15, -0.1) is 0 Å². The van der Waals surface area contributed by atoms with Crippen molar-refractivity contribution in [2.45, 2.75) is 18.6 Å². The minimum atomic E-state index is 0.637. The fourth-order valence-corrected chi connectivity index (χ4v) is 3.51. The first-order valence-corrected chi connectivity index (χ1v) is 7.62. The van der Waals surface area contributed by atoms with Crippen molar-refractivity contribution in [3.63, 3.8) is 0 Å². The Morgan fingerprint density at radius 3 is 3.21 bits per heavy atom. The SMILES string of the molecule is CCC1CN(c2nc(NC)nc3[nH]ncc23)CCS1. The normalized spacial score (nSPS) is 19.9. The summed E-state index contributed by atoms with van der Waals surface area (Å²) in [5, 5.41) is 11.7. The summed E-state index contributed by atoms with van der Waals surface area (Å²) < 4.78 is 0. The number of hydrogen-bond donors (Lipinski definition) is 2. The van der Waals surface area contributed by atoms with Crippen molar-refractivity contribution in [2.24, 2.45) is 0 Å². The van der Waals surface area contributed by atoms with Gasteiger partial charge in [-0.05, 0) is 6.42 Å². The standard InChI is InChI=1S/C12H18N6S/c1-3-8-7-18(4-5-19-8)11-9-6-14-17-10(9)15-12(13-2)16-11/h6,8H,3-5,7H2,1-2H3,(H2,13,14,15,16,17). The van der Waals surface area contributed by atoms with Gasteiger partial charge in [0.15, 0.2) is 5.65 Å². The molecule has 0 amide bonds. The second-order valence-corrected chi connectivity index (χ2v) is 6.01. The van der Waals surface area contributed by atoms with Gasteiger partial charge < -0.3 is 10.2 Å². The van der Waals surface area contributed by atoms with Crippen LogP contribution in [0.15, 0.2) is 6.20 Å². The van der Waals surface area contributed by atoms with E-state index < -0.39 is 0 Å². The van der Waals surface area contributed by atoms with Gasteiger partial charge in [0.05, 0.1) is 11.6 Å². The Bertz CT molecular complexity index is 568. The summed E-state index contributed by atoms with van der Waals surface area (Å²) in [6, 6.07) is 0. The zero-order chi connectivity index (χ0) is 13.2. The number of aromatic amines is 1. The van der Waals surface area contributed by atoms with Crippen LogP contribution in [0, 0.1) is 0 Å². The minimum absolute atomic E-state index is 0.637. The Hall–Kier alpha value is -1.50. The van der Waals surface area contributed by atoms with E-state index in [0.29, 0.717) is 11.2 Å². The highest BCUT2D eigenvalue weighted by atomic mass is 32.2. The van der Waals surface area contributed by atoms with E-state index in [0.717, 1.165) is 35.7 Å². The zero-order valence-electron chi connectivity index (χ0n) is 11.2. The van der Waals surface area contributed by atoms with E-state index in [1.807, 2.05) is 13.2 Å². The first-order valence-electron chi connectivity index (χ1n) is 6.57. The number of thioether (sulfide) groups is 1. The molecule has 0 aromatic carbocycles. The number of anilines is 2. The summed E-state index contributed by atoms with van der Waals surface area (Å²) in [4.78, 5) is 11.3. The average Bonchev–Trinajstić information content (AvgIpc) is 2.94. The Balaban J connectivity index is 2.00. The quantitative estimate of drug-likeness (QED) is 0.891. The van der Waals surface area contributed by atoms with Crippen molar-refractivity contribution < 1.29 is 0 Å². The molecule has 6 nitrogen and oxygen atoms in total. The number of hydrogen-bond acceptors (Lipinski definition) is 6. The van der Waals surface area contributed by atoms with Crippen LogP contribution in [-0.2, 0) is 0 Å². The molecular formula is C12H18N6S. The van der Waals surface area contributed by atoms with Gasteiger partial charge in [-0.25, -0.2) is 0 Å². The molecule has 3 rings (SSSR count). The summed E-state index contributed by atoms with van der Waals surface area (Å²) in [5.74, 6) is 2.77. The molecule has 1 fully saturated rings. The molecule has 1 unspecified atom stereocenters. The number of aromatic nitrogens is 4. The molecule has 1 atom stereocenters. The van der Waals surface area contributed by atoms with Crippen LogP contribution in [0.2, 0.25) is 0 Å². The second-order valence-electron chi connectivity index (χ2n) is 4.60. The fraction of sp³-hybridized carbons (Fsp3) is 0.583. The molecule has 1 saturated heterocycles. The largest absolute Gasteiger partial charge is 0.357 e. The Morgan fingerprint density at radius 2 is 2.42 bits per heavy atom. The molecule has 19 heavy (non-hydrogen) atoms. The van der Waals surface area contributed by atoms with Gasteiger partial charge in [-0.1, -0.05) is 6.92 Å². The molecule has 0 aliphatic carbocycles. The van der Waals surface area contributed by atoms with E-state index in [1.165, 1.54) is 6.42 Å². The Labute approximate surface area is 116 Å². The number of nitrogens with one attached hydrogen (secondary N) is 2. The van der Waals surface area contributed by atoms with Crippen LogP contribution < -0.4 is 10.2 Å². The summed E-state index contributed by atoms with van der Waals surface area (Å²) in [6.07, 6.45) is 3.01. The Kier molecular flexibility index (Phi) is 3.46. The van der Waals surface area contributed by atoms with E-state index in [4.69, 9.17) is 0 Å². The van der Waals surface area contributed by atoms with E-state index in [1.54, 1.807) is 0 Å².